The van der Waals surface area contributed by atoms with Crippen LogP contribution in [0.3, 0.4) is 0 Å². The maximum atomic E-state index is 4.65. The maximum absolute atomic E-state index is 4.65. The van der Waals surface area contributed by atoms with Gasteiger partial charge in [0, 0.05) is 29.8 Å². The topological polar surface area (TPSA) is 66.0 Å². The van der Waals surface area contributed by atoms with Crippen LogP contribution in [0.25, 0.3) is 11.4 Å². The van der Waals surface area contributed by atoms with Gasteiger partial charge in [0.25, 0.3) is 0 Å². The Labute approximate surface area is 174 Å². The van der Waals surface area contributed by atoms with Crippen LogP contribution in [0, 0.1) is 0 Å². The van der Waals surface area contributed by atoms with Crippen molar-refractivity contribution in [3.8, 4) is 11.4 Å². The number of pyridine rings is 1. The summed E-state index contributed by atoms with van der Waals surface area (Å²) in [6.45, 7) is 2.49. The molecular weight excluding hydrogens is 416 g/mol. The Morgan fingerprint density at radius 3 is 2.54 bits per heavy atom. The number of halogens is 1. The standard InChI is InChI=1S/C21H25BrN6/c1-28(2)13-7-12-24-21-26-19(18-10-5-6-11-23-18)14-20(27-21)25-15-16-8-3-4-9-17(16)22/h3-6,8-11,14H,7,12-13,15H2,1-2H3,(H2,24,25,26,27). The summed E-state index contributed by atoms with van der Waals surface area (Å²) in [6, 6.07) is 15.9. The molecule has 0 amide bonds. The van der Waals surface area contributed by atoms with Gasteiger partial charge in [-0.2, -0.15) is 4.98 Å². The van der Waals surface area contributed by atoms with Crippen molar-refractivity contribution < 1.29 is 0 Å². The predicted molar refractivity (Wildman–Crippen MR) is 118 cm³/mol. The van der Waals surface area contributed by atoms with Crippen molar-refractivity contribution in [1.29, 1.82) is 0 Å². The first-order valence-electron chi connectivity index (χ1n) is 9.28. The Balaban J connectivity index is 1.77. The summed E-state index contributed by atoms with van der Waals surface area (Å²) in [7, 11) is 4.14. The molecule has 7 heteroatoms. The summed E-state index contributed by atoms with van der Waals surface area (Å²) < 4.78 is 1.07. The van der Waals surface area contributed by atoms with Gasteiger partial charge in [-0.05, 0) is 50.8 Å². The molecule has 0 radical (unpaired) electrons. The molecule has 0 unspecified atom stereocenters. The molecule has 2 N–H and O–H groups in total. The molecule has 0 aliphatic rings. The molecule has 0 aliphatic heterocycles. The van der Waals surface area contributed by atoms with E-state index in [2.05, 4.69) is 66.6 Å². The zero-order chi connectivity index (χ0) is 19.8. The molecule has 0 spiro atoms. The van der Waals surface area contributed by atoms with E-state index in [9.17, 15) is 0 Å². The quantitative estimate of drug-likeness (QED) is 0.484. The molecule has 0 aliphatic carbocycles. The number of anilines is 2. The Morgan fingerprint density at radius 2 is 1.79 bits per heavy atom. The van der Waals surface area contributed by atoms with E-state index in [0.717, 1.165) is 41.2 Å². The van der Waals surface area contributed by atoms with Crippen LogP contribution >= 0.6 is 15.9 Å². The van der Waals surface area contributed by atoms with E-state index in [-0.39, 0.29) is 0 Å². The first-order chi connectivity index (χ1) is 13.6. The number of nitrogens with one attached hydrogen (secondary N) is 2. The maximum Gasteiger partial charge on any atom is 0.225 e. The number of aromatic nitrogens is 3. The van der Waals surface area contributed by atoms with Gasteiger partial charge in [0.2, 0.25) is 5.95 Å². The minimum Gasteiger partial charge on any atom is -0.366 e. The van der Waals surface area contributed by atoms with Crippen LogP contribution in [-0.4, -0.2) is 47.0 Å². The van der Waals surface area contributed by atoms with Crippen LogP contribution in [0.2, 0.25) is 0 Å². The van der Waals surface area contributed by atoms with Crippen molar-refractivity contribution in [3.05, 3.63) is 64.8 Å². The van der Waals surface area contributed by atoms with Gasteiger partial charge in [-0.1, -0.05) is 40.2 Å². The number of benzene rings is 1. The summed E-state index contributed by atoms with van der Waals surface area (Å²) in [5, 5.41) is 6.74. The lowest BCUT2D eigenvalue weighted by Gasteiger charge is -2.13. The highest BCUT2D eigenvalue weighted by Crippen LogP contribution is 2.21. The Morgan fingerprint density at radius 1 is 0.964 bits per heavy atom. The van der Waals surface area contributed by atoms with Gasteiger partial charge in [-0.3, -0.25) is 4.98 Å². The van der Waals surface area contributed by atoms with Crippen LogP contribution in [0.5, 0.6) is 0 Å². The molecule has 3 aromatic rings. The van der Waals surface area contributed by atoms with Gasteiger partial charge < -0.3 is 15.5 Å². The number of rotatable bonds is 9. The van der Waals surface area contributed by atoms with Crippen LogP contribution in [0.1, 0.15) is 12.0 Å². The van der Waals surface area contributed by atoms with Crippen LogP contribution in [-0.2, 0) is 6.54 Å². The smallest absolute Gasteiger partial charge is 0.225 e. The Kier molecular flexibility index (Phi) is 7.33. The molecule has 0 atom stereocenters. The van der Waals surface area contributed by atoms with Crippen molar-refractivity contribution in [1.82, 2.24) is 19.9 Å². The van der Waals surface area contributed by atoms with E-state index in [0.29, 0.717) is 12.5 Å². The summed E-state index contributed by atoms with van der Waals surface area (Å²) in [5.41, 5.74) is 2.78. The lowest BCUT2D eigenvalue weighted by Crippen LogP contribution is -2.17. The fraction of sp³-hybridized carbons (Fsp3) is 0.286. The molecule has 6 nitrogen and oxygen atoms in total. The number of nitrogens with zero attached hydrogens (tertiary/aromatic N) is 4. The van der Waals surface area contributed by atoms with E-state index >= 15 is 0 Å². The van der Waals surface area contributed by atoms with Crippen LogP contribution < -0.4 is 10.6 Å². The van der Waals surface area contributed by atoms with Gasteiger partial charge in [0.1, 0.15) is 5.82 Å². The van der Waals surface area contributed by atoms with Gasteiger partial charge in [-0.25, -0.2) is 4.98 Å². The number of hydrogen-bond acceptors (Lipinski definition) is 6. The van der Waals surface area contributed by atoms with Crippen molar-refractivity contribution >= 4 is 27.7 Å². The summed E-state index contributed by atoms with van der Waals surface area (Å²) in [5.74, 6) is 1.37. The molecule has 146 valence electrons. The lowest BCUT2D eigenvalue weighted by atomic mass is 10.2. The Hall–Kier alpha value is -2.51. The van der Waals surface area contributed by atoms with E-state index in [4.69, 9.17) is 0 Å². The normalized spacial score (nSPS) is 10.9. The van der Waals surface area contributed by atoms with Gasteiger partial charge >= 0.3 is 0 Å². The largest absolute Gasteiger partial charge is 0.366 e. The molecular formula is C21H25BrN6. The highest BCUT2D eigenvalue weighted by Gasteiger charge is 2.08. The molecule has 0 saturated heterocycles. The summed E-state index contributed by atoms with van der Waals surface area (Å²) >= 11 is 3.59. The van der Waals surface area contributed by atoms with Crippen molar-refractivity contribution in [2.24, 2.45) is 0 Å². The molecule has 28 heavy (non-hydrogen) atoms. The SMILES string of the molecule is CN(C)CCCNc1nc(NCc2ccccc2Br)cc(-c2ccccn2)n1. The Bertz CT molecular complexity index is 885. The zero-order valence-corrected chi connectivity index (χ0v) is 17.8. The molecule has 0 saturated carbocycles. The van der Waals surface area contributed by atoms with Crippen LogP contribution in [0.15, 0.2) is 59.2 Å². The molecule has 2 aromatic heterocycles. The zero-order valence-electron chi connectivity index (χ0n) is 16.2. The second-order valence-corrected chi connectivity index (χ2v) is 7.56. The van der Waals surface area contributed by atoms with Crippen molar-refractivity contribution in [3.63, 3.8) is 0 Å². The third kappa shape index (κ3) is 6.00. The third-order valence-electron chi connectivity index (χ3n) is 4.14. The van der Waals surface area contributed by atoms with E-state index in [1.807, 2.05) is 42.5 Å². The minimum absolute atomic E-state index is 0.608. The molecule has 3 rings (SSSR count). The lowest BCUT2D eigenvalue weighted by molar-refractivity contribution is 0.405. The highest BCUT2D eigenvalue weighted by atomic mass is 79.9. The van der Waals surface area contributed by atoms with Gasteiger partial charge in [0.15, 0.2) is 0 Å². The first-order valence-corrected chi connectivity index (χ1v) is 10.1. The number of hydrogen-bond donors (Lipinski definition) is 2. The minimum atomic E-state index is 0.608. The monoisotopic (exact) mass is 440 g/mol. The molecule has 2 heterocycles. The average Bonchev–Trinajstić information content (AvgIpc) is 2.71. The fourth-order valence-corrected chi connectivity index (χ4v) is 3.11. The van der Waals surface area contributed by atoms with E-state index in [1.165, 1.54) is 5.56 Å². The van der Waals surface area contributed by atoms with Crippen LogP contribution in [0.4, 0.5) is 11.8 Å². The van der Waals surface area contributed by atoms with Crippen molar-refractivity contribution in [2.45, 2.75) is 13.0 Å². The molecule has 0 bridgehead atoms. The van der Waals surface area contributed by atoms with Gasteiger partial charge in [0.05, 0.1) is 11.4 Å². The average molecular weight is 441 g/mol. The third-order valence-corrected chi connectivity index (χ3v) is 4.91. The molecule has 0 fully saturated rings. The summed E-state index contributed by atoms with van der Waals surface area (Å²) in [4.78, 5) is 15.9. The predicted octanol–water partition coefficient (Wildman–Crippen LogP) is 4.28. The second-order valence-electron chi connectivity index (χ2n) is 6.71. The van der Waals surface area contributed by atoms with E-state index < -0.39 is 0 Å². The summed E-state index contributed by atoms with van der Waals surface area (Å²) in [6.07, 6.45) is 2.79. The highest BCUT2D eigenvalue weighted by molar-refractivity contribution is 9.10. The van der Waals surface area contributed by atoms with Crippen molar-refractivity contribution in [2.75, 3.05) is 37.8 Å². The molecule has 1 aromatic carbocycles. The fourth-order valence-electron chi connectivity index (χ4n) is 2.69. The second kappa shape index (κ2) is 10.1. The first kappa shape index (κ1) is 20.2. The van der Waals surface area contributed by atoms with E-state index in [1.54, 1.807) is 6.20 Å². The van der Waals surface area contributed by atoms with Gasteiger partial charge in [-0.15, -0.1) is 0 Å².